The minimum absolute atomic E-state index is 0.781. The minimum Gasteiger partial charge on any atom is -0.316 e. The molecule has 2 heteroatoms. The zero-order valence-corrected chi connectivity index (χ0v) is 13.2. The van der Waals surface area contributed by atoms with Crippen LogP contribution in [-0.4, -0.2) is 37.6 Å². The summed E-state index contributed by atoms with van der Waals surface area (Å²) in [5.41, 5.74) is 0. The summed E-state index contributed by atoms with van der Waals surface area (Å²) in [7, 11) is 0. The highest BCUT2D eigenvalue weighted by Crippen LogP contribution is 2.28. The molecule has 0 aromatic heterocycles. The molecule has 0 spiro atoms. The Morgan fingerprint density at radius 2 is 1.89 bits per heavy atom. The van der Waals surface area contributed by atoms with Crippen molar-refractivity contribution in [2.45, 2.75) is 58.8 Å². The molecule has 1 N–H and O–H groups in total. The van der Waals surface area contributed by atoms with Gasteiger partial charge in [0.05, 0.1) is 0 Å². The first-order valence-electron chi connectivity index (χ1n) is 8.67. The van der Waals surface area contributed by atoms with Crippen LogP contribution in [0.3, 0.4) is 0 Å². The molecule has 2 aliphatic rings. The third kappa shape index (κ3) is 5.83. The quantitative estimate of drug-likeness (QED) is 0.723. The van der Waals surface area contributed by atoms with Crippen LogP contribution in [0.5, 0.6) is 0 Å². The molecule has 1 atom stereocenters. The fraction of sp³-hybridized carbons (Fsp3) is 1.00. The van der Waals surface area contributed by atoms with Crippen molar-refractivity contribution in [3.63, 3.8) is 0 Å². The van der Waals surface area contributed by atoms with E-state index < -0.39 is 0 Å². The van der Waals surface area contributed by atoms with Gasteiger partial charge in [0.1, 0.15) is 0 Å². The summed E-state index contributed by atoms with van der Waals surface area (Å²) < 4.78 is 0. The minimum atomic E-state index is 0.781. The van der Waals surface area contributed by atoms with E-state index >= 15 is 0 Å². The lowest BCUT2D eigenvalue weighted by atomic mass is 10.0. The smallest absolute Gasteiger partial charge is 0.00223 e. The van der Waals surface area contributed by atoms with Gasteiger partial charge in [0.25, 0.3) is 0 Å². The molecule has 2 rings (SSSR count). The van der Waals surface area contributed by atoms with Gasteiger partial charge >= 0.3 is 0 Å². The Morgan fingerprint density at radius 1 is 1.11 bits per heavy atom. The molecular weight excluding hydrogens is 232 g/mol. The molecule has 2 nitrogen and oxygen atoms in total. The predicted octanol–water partition coefficient (Wildman–Crippen LogP) is 3.52. The zero-order chi connectivity index (χ0) is 13.5. The Kier molecular flexibility index (Phi) is 6.66. The molecule has 1 saturated carbocycles. The first-order chi connectivity index (χ1) is 9.24. The van der Waals surface area contributed by atoms with Crippen LogP contribution < -0.4 is 5.32 Å². The molecule has 1 aliphatic heterocycles. The molecule has 0 amide bonds. The molecule has 1 aliphatic carbocycles. The maximum absolute atomic E-state index is 3.62. The van der Waals surface area contributed by atoms with Crippen molar-refractivity contribution in [2.75, 3.05) is 32.7 Å². The van der Waals surface area contributed by atoms with E-state index in [1.54, 1.807) is 0 Å². The van der Waals surface area contributed by atoms with Gasteiger partial charge in [0, 0.05) is 6.54 Å². The molecule has 112 valence electrons. The predicted molar refractivity (Wildman–Crippen MR) is 83.4 cm³/mol. The average molecular weight is 266 g/mol. The van der Waals surface area contributed by atoms with Gasteiger partial charge < -0.3 is 10.2 Å². The second-order valence-corrected chi connectivity index (χ2v) is 7.30. The van der Waals surface area contributed by atoms with Gasteiger partial charge in [-0.05, 0) is 63.2 Å². The number of likely N-dealkylation sites (tertiary alicyclic amines) is 1. The van der Waals surface area contributed by atoms with Gasteiger partial charge in [-0.15, -0.1) is 0 Å². The number of hydrogen-bond donors (Lipinski definition) is 1. The van der Waals surface area contributed by atoms with Crippen LogP contribution in [0.15, 0.2) is 0 Å². The normalized spacial score (nSPS) is 25.7. The molecule has 0 aromatic carbocycles. The Balaban J connectivity index is 1.49. The van der Waals surface area contributed by atoms with Crippen molar-refractivity contribution in [1.29, 1.82) is 0 Å². The van der Waals surface area contributed by atoms with Gasteiger partial charge in [-0.1, -0.05) is 39.5 Å². The van der Waals surface area contributed by atoms with Crippen molar-refractivity contribution in [2.24, 2.45) is 17.8 Å². The van der Waals surface area contributed by atoms with E-state index in [-0.39, 0.29) is 0 Å². The Bertz CT molecular complexity index is 233. The van der Waals surface area contributed by atoms with E-state index in [0.29, 0.717) is 0 Å². The first-order valence-corrected chi connectivity index (χ1v) is 8.67. The molecule has 19 heavy (non-hydrogen) atoms. The van der Waals surface area contributed by atoms with E-state index in [1.165, 1.54) is 77.7 Å². The lowest BCUT2D eigenvalue weighted by Gasteiger charge is -2.17. The highest BCUT2D eigenvalue weighted by molar-refractivity contribution is 4.78. The van der Waals surface area contributed by atoms with Crippen molar-refractivity contribution in [3.8, 4) is 0 Å². The van der Waals surface area contributed by atoms with Crippen LogP contribution in [0, 0.1) is 17.8 Å². The van der Waals surface area contributed by atoms with Crippen LogP contribution in [0.1, 0.15) is 58.8 Å². The van der Waals surface area contributed by atoms with Gasteiger partial charge in [-0.2, -0.15) is 0 Å². The highest BCUT2D eigenvalue weighted by Gasteiger charge is 2.22. The van der Waals surface area contributed by atoms with Crippen LogP contribution in [-0.2, 0) is 0 Å². The summed E-state index contributed by atoms with van der Waals surface area (Å²) in [5.74, 6) is 2.76. The number of nitrogens with one attached hydrogen (secondary N) is 1. The van der Waals surface area contributed by atoms with Crippen LogP contribution in [0.4, 0.5) is 0 Å². The SMILES string of the molecule is CC(C)CNCC1CCN(CCCC2CCCC2)C1. The van der Waals surface area contributed by atoms with Crippen LogP contribution in [0.25, 0.3) is 0 Å². The molecule has 1 heterocycles. The summed E-state index contributed by atoms with van der Waals surface area (Å²) in [5, 5.41) is 3.62. The number of rotatable bonds is 8. The van der Waals surface area contributed by atoms with E-state index in [0.717, 1.165) is 17.8 Å². The molecule has 2 fully saturated rings. The molecule has 1 unspecified atom stereocenters. The zero-order valence-electron chi connectivity index (χ0n) is 13.2. The number of nitrogens with zero attached hydrogens (tertiary/aromatic N) is 1. The Labute approximate surface area is 120 Å². The average Bonchev–Trinajstić information content (AvgIpc) is 3.00. The van der Waals surface area contributed by atoms with Gasteiger partial charge in [0.2, 0.25) is 0 Å². The lowest BCUT2D eigenvalue weighted by molar-refractivity contribution is 0.302. The van der Waals surface area contributed by atoms with Crippen molar-refractivity contribution >= 4 is 0 Å². The third-order valence-corrected chi connectivity index (χ3v) is 4.92. The molecule has 0 aromatic rings. The monoisotopic (exact) mass is 266 g/mol. The van der Waals surface area contributed by atoms with Crippen molar-refractivity contribution < 1.29 is 0 Å². The van der Waals surface area contributed by atoms with E-state index in [1.807, 2.05) is 0 Å². The third-order valence-electron chi connectivity index (χ3n) is 4.92. The standard InChI is InChI=1S/C17H34N2/c1-15(2)12-18-13-17-9-11-19(14-17)10-5-8-16-6-3-4-7-16/h15-18H,3-14H2,1-2H3. The molecule has 0 bridgehead atoms. The largest absolute Gasteiger partial charge is 0.316 e. The molecular formula is C17H34N2. The molecule has 0 radical (unpaired) electrons. The van der Waals surface area contributed by atoms with E-state index in [4.69, 9.17) is 0 Å². The van der Waals surface area contributed by atoms with Gasteiger partial charge in [-0.3, -0.25) is 0 Å². The topological polar surface area (TPSA) is 15.3 Å². The van der Waals surface area contributed by atoms with Crippen molar-refractivity contribution in [1.82, 2.24) is 10.2 Å². The van der Waals surface area contributed by atoms with Gasteiger partial charge in [0.15, 0.2) is 0 Å². The highest BCUT2D eigenvalue weighted by atomic mass is 15.1. The lowest BCUT2D eigenvalue weighted by Crippen LogP contribution is -2.29. The van der Waals surface area contributed by atoms with E-state index in [9.17, 15) is 0 Å². The number of hydrogen-bond acceptors (Lipinski definition) is 2. The maximum atomic E-state index is 3.62. The summed E-state index contributed by atoms with van der Waals surface area (Å²) >= 11 is 0. The van der Waals surface area contributed by atoms with Crippen LogP contribution in [0.2, 0.25) is 0 Å². The summed E-state index contributed by atoms with van der Waals surface area (Å²) in [4.78, 5) is 2.71. The van der Waals surface area contributed by atoms with E-state index in [2.05, 4.69) is 24.1 Å². The summed E-state index contributed by atoms with van der Waals surface area (Å²) in [6, 6.07) is 0. The second-order valence-electron chi connectivity index (χ2n) is 7.30. The van der Waals surface area contributed by atoms with Crippen LogP contribution >= 0.6 is 0 Å². The Hall–Kier alpha value is -0.0800. The second kappa shape index (κ2) is 8.26. The fourth-order valence-corrected chi connectivity index (χ4v) is 3.76. The van der Waals surface area contributed by atoms with Crippen molar-refractivity contribution in [3.05, 3.63) is 0 Å². The summed E-state index contributed by atoms with van der Waals surface area (Å²) in [6.07, 6.45) is 10.4. The molecule has 1 saturated heterocycles. The van der Waals surface area contributed by atoms with Gasteiger partial charge in [-0.25, -0.2) is 0 Å². The maximum Gasteiger partial charge on any atom is 0.00223 e. The summed E-state index contributed by atoms with van der Waals surface area (Å²) in [6.45, 7) is 11.0. The first kappa shape index (κ1) is 15.3. The Morgan fingerprint density at radius 3 is 2.63 bits per heavy atom. The fourth-order valence-electron chi connectivity index (χ4n) is 3.76.